The van der Waals surface area contributed by atoms with Crippen LogP contribution in [0.3, 0.4) is 0 Å². The van der Waals surface area contributed by atoms with Gasteiger partial charge in [-0.25, -0.2) is 4.98 Å². The summed E-state index contributed by atoms with van der Waals surface area (Å²) in [4.78, 5) is 15.7. The van der Waals surface area contributed by atoms with Gasteiger partial charge in [0.15, 0.2) is 0 Å². The van der Waals surface area contributed by atoms with Crippen molar-refractivity contribution in [1.82, 2.24) is 4.98 Å². The molecule has 0 atom stereocenters. The average Bonchev–Trinajstić information content (AvgIpc) is 2.45. The molecule has 1 heterocycles. The minimum absolute atomic E-state index is 0.101. The maximum atomic E-state index is 11.7. The van der Waals surface area contributed by atoms with Crippen LogP contribution in [0.4, 0.5) is 5.82 Å². The highest BCUT2D eigenvalue weighted by atomic mass is 35.5. The molecule has 0 aliphatic heterocycles. The van der Waals surface area contributed by atoms with Crippen LogP contribution >= 0.6 is 11.6 Å². The second-order valence-corrected chi connectivity index (χ2v) is 4.55. The largest absolute Gasteiger partial charge is 0.494 e. The van der Waals surface area contributed by atoms with E-state index < -0.39 is 0 Å². The monoisotopic (exact) mass is 290 g/mol. The summed E-state index contributed by atoms with van der Waals surface area (Å²) in [6.07, 6.45) is 1.02. The second-order valence-electron chi connectivity index (χ2n) is 4.16. The topological polar surface area (TPSA) is 51.2 Å². The van der Waals surface area contributed by atoms with E-state index in [2.05, 4.69) is 10.3 Å². The van der Waals surface area contributed by atoms with Crippen molar-refractivity contribution in [2.45, 2.75) is 12.8 Å². The molecule has 1 aromatic carbocycles. The molecule has 0 saturated heterocycles. The fourth-order valence-electron chi connectivity index (χ4n) is 1.62. The van der Waals surface area contributed by atoms with Crippen LogP contribution in [0.15, 0.2) is 48.5 Å². The highest BCUT2D eigenvalue weighted by Crippen LogP contribution is 2.11. The standard InChI is InChI=1S/C15H15ClN2O2/c16-13-8-4-9-14(17-13)18-15(19)10-5-11-20-12-6-2-1-3-7-12/h1-4,6-9H,5,10-11H2,(H,17,18,19). The number of carbonyl (C=O) groups excluding carboxylic acids is 1. The zero-order chi connectivity index (χ0) is 14.2. The predicted octanol–water partition coefficient (Wildman–Crippen LogP) is 3.53. The second kappa shape index (κ2) is 7.50. The first-order valence-electron chi connectivity index (χ1n) is 6.34. The third-order valence-corrected chi connectivity index (χ3v) is 2.75. The van der Waals surface area contributed by atoms with E-state index in [1.165, 1.54) is 0 Å². The van der Waals surface area contributed by atoms with Gasteiger partial charge in [0.1, 0.15) is 16.7 Å². The summed E-state index contributed by atoms with van der Waals surface area (Å²) >= 11 is 5.74. The lowest BCUT2D eigenvalue weighted by Crippen LogP contribution is -2.13. The van der Waals surface area contributed by atoms with Crippen molar-refractivity contribution in [3.63, 3.8) is 0 Å². The number of nitrogens with zero attached hydrogens (tertiary/aromatic N) is 1. The Morgan fingerprint density at radius 2 is 1.95 bits per heavy atom. The average molecular weight is 291 g/mol. The molecule has 0 aliphatic rings. The van der Waals surface area contributed by atoms with Crippen molar-refractivity contribution in [2.75, 3.05) is 11.9 Å². The molecule has 0 unspecified atom stereocenters. The van der Waals surface area contributed by atoms with Gasteiger partial charge in [0.05, 0.1) is 6.61 Å². The quantitative estimate of drug-likeness (QED) is 0.654. The van der Waals surface area contributed by atoms with Crippen LogP contribution < -0.4 is 10.1 Å². The number of rotatable bonds is 6. The van der Waals surface area contributed by atoms with E-state index in [9.17, 15) is 4.79 Å². The van der Waals surface area contributed by atoms with Crippen LogP contribution in [0.5, 0.6) is 5.75 Å². The Balaban J connectivity index is 1.68. The van der Waals surface area contributed by atoms with E-state index in [0.717, 1.165) is 5.75 Å². The summed E-state index contributed by atoms with van der Waals surface area (Å²) < 4.78 is 5.51. The molecule has 104 valence electrons. The van der Waals surface area contributed by atoms with Gasteiger partial charge >= 0.3 is 0 Å². The van der Waals surface area contributed by atoms with E-state index in [-0.39, 0.29) is 5.91 Å². The molecule has 1 aromatic heterocycles. The molecular formula is C15H15ClN2O2. The lowest BCUT2D eigenvalue weighted by molar-refractivity contribution is -0.116. The maximum Gasteiger partial charge on any atom is 0.225 e. The molecule has 0 radical (unpaired) electrons. The number of anilines is 1. The van der Waals surface area contributed by atoms with Gasteiger partial charge in [0.25, 0.3) is 0 Å². The van der Waals surface area contributed by atoms with Gasteiger partial charge in [-0.3, -0.25) is 4.79 Å². The van der Waals surface area contributed by atoms with Gasteiger partial charge in [-0.1, -0.05) is 35.9 Å². The highest BCUT2D eigenvalue weighted by Gasteiger charge is 2.03. The number of ether oxygens (including phenoxy) is 1. The molecule has 20 heavy (non-hydrogen) atoms. The van der Waals surface area contributed by atoms with Crippen LogP contribution in [0.25, 0.3) is 0 Å². The smallest absolute Gasteiger partial charge is 0.225 e. The first-order valence-corrected chi connectivity index (χ1v) is 6.72. The van der Waals surface area contributed by atoms with Gasteiger partial charge in [-0.15, -0.1) is 0 Å². The van der Waals surface area contributed by atoms with E-state index >= 15 is 0 Å². The number of halogens is 1. The minimum Gasteiger partial charge on any atom is -0.494 e. The summed E-state index contributed by atoms with van der Waals surface area (Å²) in [5.41, 5.74) is 0. The molecule has 1 amide bonds. The zero-order valence-corrected chi connectivity index (χ0v) is 11.6. The van der Waals surface area contributed by atoms with E-state index in [4.69, 9.17) is 16.3 Å². The summed E-state index contributed by atoms with van der Waals surface area (Å²) in [5.74, 6) is 1.17. The number of carbonyl (C=O) groups is 1. The van der Waals surface area contributed by atoms with Gasteiger partial charge in [0, 0.05) is 6.42 Å². The van der Waals surface area contributed by atoms with Crippen molar-refractivity contribution in [3.8, 4) is 5.75 Å². The Hall–Kier alpha value is -2.07. The molecular weight excluding hydrogens is 276 g/mol. The highest BCUT2D eigenvalue weighted by molar-refractivity contribution is 6.29. The van der Waals surface area contributed by atoms with E-state index in [1.54, 1.807) is 18.2 Å². The van der Waals surface area contributed by atoms with Crippen molar-refractivity contribution in [3.05, 3.63) is 53.7 Å². The summed E-state index contributed by atoms with van der Waals surface area (Å²) in [6.45, 7) is 0.500. The first-order chi connectivity index (χ1) is 9.74. The van der Waals surface area contributed by atoms with E-state index in [0.29, 0.717) is 30.4 Å². The molecule has 4 nitrogen and oxygen atoms in total. The van der Waals surface area contributed by atoms with Gasteiger partial charge in [-0.2, -0.15) is 0 Å². The fraction of sp³-hybridized carbons (Fsp3) is 0.200. The number of para-hydroxylation sites is 1. The lowest BCUT2D eigenvalue weighted by atomic mass is 10.3. The summed E-state index contributed by atoms with van der Waals surface area (Å²) in [6, 6.07) is 14.6. The number of benzene rings is 1. The van der Waals surface area contributed by atoms with Crippen LogP contribution in [-0.2, 0) is 4.79 Å². The summed E-state index contributed by atoms with van der Waals surface area (Å²) in [5, 5.41) is 3.05. The molecule has 0 saturated carbocycles. The Kier molecular flexibility index (Phi) is 5.38. The van der Waals surface area contributed by atoms with Gasteiger partial charge < -0.3 is 10.1 Å². The molecule has 0 aliphatic carbocycles. The minimum atomic E-state index is -0.101. The first kappa shape index (κ1) is 14.3. The van der Waals surface area contributed by atoms with Crippen LogP contribution in [0.2, 0.25) is 5.15 Å². The van der Waals surface area contributed by atoms with Crippen molar-refractivity contribution in [1.29, 1.82) is 0 Å². The van der Waals surface area contributed by atoms with Crippen LogP contribution in [0.1, 0.15) is 12.8 Å². The number of hydrogen-bond donors (Lipinski definition) is 1. The van der Waals surface area contributed by atoms with Gasteiger partial charge in [0.2, 0.25) is 5.91 Å². The molecule has 2 aromatic rings. The predicted molar refractivity (Wildman–Crippen MR) is 79.0 cm³/mol. The van der Waals surface area contributed by atoms with Crippen LogP contribution in [0, 0.1) is 0 Å². The number of amides is 1. The van der Waals surface area contributed by atoms with Crippen molar-refractivity contribution < 1.29 is 9.53 Å². The molecule has 5 heteroatoms. The number of pyridine rings is 1. The maximum absolute atomic E-state index is 11.7. The zero-order valence-electron chi connectivity index (χ0n) is 10.9. The fourth-order valence-corrected chi connectivity index (χ4v) is 1.79. The Morgan fingerprint density at radius 1 is 1.15 bits per heavy atom. The summed E-state index contributed by atoms with van der Waals surface area (Å²) in [7, 11) is 0. The molecule has 1 N–H and O–H groups in total. The van der Waals surface area contributed by atoms with Gasteiger partial charge in [-0.05, 0) is 30.7 Å². The van der Waals surface area contributed by atoms with Crippen molar-refractivity contribution in [2.24, 2.45) is 0 Å². The molecule has 2 rings (SSSR count). The van der Waals surface area contributed by atoms with Crippen LogP contribution in [-0.4, -0.2) is 17.5 Å². The SMILES string of the molecule is O=C(CCCOc1ccccc1)Nc1cccc(Cl)n1. The molecule has 0 bridgehead atoms. The van der Waals surface area contributed by atoms with E-state index in [1.807, 2.05) is 30.3 Å². The number of hydrogen-bond acceptors (Lipinski definition) is 3. The normalized spacial score (nSPS) is 10.1. The third kappa shape index (κ3) is 4.90. The number of nitrogens with one attached hydrogen (secondary N) is 1. The van der Waals surface area contributed by atoms with Crippen molar-refractivity contribution >= 4 is 23.3 Å². The Morgan fingerprint density at radius 3 is 2.70 bits per heavy atom. The Labute approximate surface area is 122 Å². The lowest BCUT2D eigenvalue weighted by Gasteiger charge is -2.06. The number of aromatic nitrogens is 1. The molecule has 0 spiro atoms. The Bertz CT molecular complexity index is 561. The third-order valence-electron chi connectivity index (χ3n) is 2.54. The molecule has 0 fully saturated rings.